The van der Waals surface area contributed by atoms with Crippen LogP contribution in [0.5, 0.6) is 0 Å². The molecule has 0 radical (unpaired) electrons. The highest BCUT2D eigenvalue weighted by atomic mass is 15.2. The molecule has 1 fully saturated rings. The van der Waals surface area contributed by atoms with Crippen LogP contribution in [0.2, 0.25) is 0 Å². The molecule has 0 saturated heterocycles. The maximum absolute atomic E-state index is 3.21. The first-order chi connectivity index (χ1) is 7.24. The van der Waals surface area contributed by atoms with Crippen LogP contribution in [0, 0.1) is 5.92 Å². The minimum atomic E-state index is 0.822. The Labute approximate surface area is 95.4 Å². The molecule has 0 atom stereocenters. The molecule has 1 N–H and O–H groups in total. The number of hydrogen-bond donors (Lipinski definition) is 1. The van der Waals surface area contributed by atoms with Gasteiger partial charge in [-0.25, -0.2) is 0 Å². The highest BCUT2D eigenvalue weighted by Crippen LogP contribution is 2.27. The molecular formula is C13H28N2. The van der Waals surface area contributed by atoms with Crippen molar-refractivity contribution in [2.75, 3.05) is 26.7 Å². The first-order valence-electron chi connectivity index (χ1n) is 6.62. The molecule has 1 rings (SSSR count). The van der Waals surface area contributed by atoms with Gasteiger partial charge in [0, 0.05) is 12.6 Å². The van der Waals surface area contributed by atoms with Crippen molar-refractivity contribution in [3.63, 3.8) is 0 Å². The Hall–Kier alpha value is -0.0800. The number of rotatable bonds is 9. The molecule has 0 aromatic carbocycles. The van der Waals surface area contributed by atoms with Gasteiger partial charge in [0.05, 0.1) is 0 Å². The van der Waals surface area contributed by atoms with Crippen LogP contribution in [0.4, 0.5) is 0 Å². The van der Waals surface area contributed by atoms with Gasteiger partial charge < -0.3 is 10.2 Å². The van der Waals surface area contributed by atoms with Gasteiger partial charge in [-0.15, -0.1) is 0 Å². The van der Waals surface area contributed by atoms with Gasteiger partial charge in [-0.05, 0) is 51.7 Å². The lowest BCUT2D eigenvalue weighted by Gasteiger charge is -2.23. The summed E-state index contributed by atoms with van der Waals surface area (Å²) in [6, 6.07) is 0.941. The topological polar surface area (TPSA) is 15.3 Å². The monoisotopic (exact) mass is 212 g/mol. The second-order valence-corrected chi connectivity index (χ2v) is 5.28. The summed E-state index contributed by atoms with van der Waals surface area (Å²) in [5, 5.41) is 3.21. The molecule has 0 unspecified atom stereocenters. The van der Waals surface area contributed by atoms with E-state index in [1.54, 1.807) is 0 Å². The van der Waals surface area contributed by atoms with Crippen molar-refractivity contribution in [1.29, 1.82) is 0 Å². The molecule has 0 bridgehead atoms. The lowest BCUT2D eigenvalue weighted by atomic mass is 10.1. The Balaban J connectivity index is 2.04. The zero-order valence-corrected chi connectivity index (χ0v) is 10.8. The van der Waals surface area contributed by atoms with Crippen LogP contribution in [0.15, 0.2) is 0 Å². The molecule has 0 heterocycles. The zero-order valence-electron chi connectivity index (χ0n) is 10.8. The molecule has 0 aromatic rings. The van der Waals surface area contributed by atoms with E-state index in [2.05, 4.69) is 24.1 Å². The standard InChI is InChI=1S/C13H28N2/c1-12(2)11-15(13-7-8-13)10-6-4-5-9-14-3/h12-14H,4-11H2,1-3H3. The quantitative estimate of drug-likeness (QED) is 0.591. The maximum Gasteiger partial charge on any atom is 0.00965 e. The predicted molar refractivity (Wildman–Crippen MR) is 67.2 cm³/mol. The summed E-state index contributed by atoms with van der Waals surface area (Å²) in [7, 11) is 2.04. The summed E-state index contributed by atoms with van der Waals surface area (Å²) >= 11 is 0. The van der Waals surface area contributed by atoms with Gasteiger partial charge in [-0.2, -0.15) is 0 Å². The molecule has 1 aliphatic rings. The van der Waals surface area contributed by atoms with E-state index >= 15 is 0 Å². The highest BCUT2D eigenvalue weighted by molar-refractivity contribution is 4.84. The van der Waals surface area contributed by atoms with Gasteiger partial charge in [0.15, 0.2) is 0 Å². The van der Waals surface area contributed by atoms with Gasteiger partial charge in [0.25, 0.3) is 0 Å². The molecule has 0 amide bonds. The van der Waals surface area contributed by atoms with Crippen molar-refractivity contribution in [1.82, 2.24) is 10.2 Å². The second kappa shape index (κ2) is 7.24. The second-order valence-electron chi connectivity index (χ2n) is 5.28. The zero-order chi connectivity index (χ0) is 11.1. The molecule has 1 saturated carbocycles. The predicted octanol–water partition coefficient (Wildman–Crippen LogP) is 2.50. The number of nitrogens with zero attached hydrogens (tertiary/aromatic N) is 1. The molecule has 2 nitrogen and oxygen atoms in total. The third-order valence-electron chi connectivity index (χ3n) is 3.04. The van der Waals surface area contributed by atoms with Crippen LogP contribution < -0.4 is 5.32 Å². The summed E-state index contributed by atoms with van der Waals surface area (Å²) in [5.74, 6) is 0.822. The number of nitrogens with one attached hydrogen (secondary N) is 1. The Morgan fingerprint density at radius 2 is 1.93 bits per heavy atom. The van der Waals surface area contributed by atoms with Crippen molar-refractivity contribution >= 4 is 0 Å². The highest BCUT2D eigenvalue weighted by Gasteiger charge is 2.28. The SMILES string of the molecule is CNCCCCCN(CC(C)C)C1CC1. The number of unbranched alkanes of at least 4 members (excludes halogenated alkanes) is 2. The molecule has 0 aromatic heterocycles. The number of hydrogen-bond acceptors (Lipinski definition) is 2. The van der Waals surface area contributed by atoms with Crippen molar-refractivity contribution in [2.24, 2.45) is 5.92 Å². The third-order valence-corrected chi connectivity index (χ3v) is 3.04. The first-order valence-corrected chi connectivity index (χ1v) is 6.62. The largest absolute Gasteiger partial charge is 0.320 e. The fraction of sp³-hybridized carbons (Fsp3) is 1.00. The maximum atomic E-state index is 3.21. The molecule has 2 heteroatoms. The Kier molecular flexibility index (Phi) is 6.26. The van der Waals surface area contributed by atoms with Gasteiger partial charge in [-0.1, -0.05) is 20.3 Å². The van der Waals surface area contributed by atoms with E-state index in [-0.39, 0.29) is 0 Å². The minimum Gasteiger partial charge on any atom is -0.320 e. The van der Waals surface area contributed by atoms with Crippen molar-refractivity contribution in [3.8, 4) is 0 Å². The Morgan fingerprint density at radius 3 is 2.47 bits per heavy atom. The molecule has 15 heavy (non-hydrogen) atoms. The van der Waals surface area contributed by atoms with Crippen LogP contribution in [-0.2, 0) is 0 Å². The molecular weight excluding hydrogens is 184 g/mol. The van der Waals surface area contributed by atoms with Crippen LogP contribution in [-0.4, -0.2) is 37.6 Å². The smallest absolute Gasteiger partial charge is 0.00965 e. The van der Waals surface area contributed by atoms with Crippen molar-refractivity contribution in [3.05, 3.63) is 0 Å². The van der Waals surface area contributed by atoms with E-state index in [9.17, 15) is 0 Å². The van der Waals surface area contributed by atoms with Gasteiger partial charge in [0.2, 0.25) is 0 Å². The molecule has 0 aliphatic heterocycles. The normalized spacial score (nSPS) is 16.6. The summed E-state index contributed by atoms with van der Waals surface area (Å²) in [4.78, 5) is 2.71. The van der Waals surface area contributed by atoms with Crippen LogP contribution in [0.25, 0.3) is 0 Å². The molecule has 90 valence electrons. The molecule has 0 spiro atoms. The summed E-state index contributed by atoms with van der Waals surface area (Å²) in [5.41, 5.74) is 0. The minimum absolute atomic E-state index is 0.822. The lowest BCUT2D eigenvalue weighted by molar-refractivity contribution is 0.229. The van der Waals surface area contributed by atoms with E-state index in [1.807, 2.05) is 7.05 Å². The van der Waals surface area contributed by atoms with Gasteiger partial charge in [0.1, 0.15) is 0 Å². The first kappa shape index (κ1) is 13.0. The summed E-state index contributed by atoms with van der Waals surface area (Å²) in [6.07, 6.45) is 6.98. The van der Waals surface area contributed by atoms with E-state index in [0.717, 1.165) is 12.0 Å². The van der Waals surface area contributed by atoms with E-state index in [4.69, 9.17) is 0 Å². The lowest BCUT2D eigenvalue weighted by Crippen LogP contribution is -2.31. The fourth-order valence-corrected chi connectivity index (χ4v) is 2.13. The summed E-state index contributed by atoms with van der Waals surface area (Å²) < 4.78 is 0. The summed E-state index contributed by atoms with van der Waals surface area (Å²) in [6.45, 7) is 8.46. The van der Waals surface area contributed by atoms with Crippen LogP contribution in [0.1, 0.15) is 46.0 Å². The van der Waals surface area contributed by atoms with Crippen LogP contribution in [0.3, 0.4) is 0 Å². The average molecular weight is 212 g/mol. The van der Waals surface area contributed by atoms with Gasteiger partial charge >= 0.3 is 0 Å². The Morgan fingerprint density at radius 1 is 1.20 bits per heavy atom. The third kappa shape index (κ3) is 6.16. The van der Waals surface area contributed by atoms with E-state index in [1.165, 1.54) is 51.7 Å². The Bertz CT molecular complexity index is 153. The van der Waals surface area contributed by atoms with Crippen molar-refractivity contribution in [2.45, 2.75) is 52.0 Å². The molecule has 1 aliphatic carbocycles. The van der Waals surface area contributed by atoms with E-state index < -0.39 is 0 Å². The fourth-order valence-electron chi connectivity index (χ4n) is 2.13. The van der Waals surface area contributed by atoms with Gasteiger partial charge in [-0.3, -0.25) is 0 Å². The van der Waals surface area contributed by atoms with Crippen molar-refractivity contribution < 1.29 is 0 Å². The average Bonchev–Trinajstić information content (AvgIpc) is 2.98. The van der Waals surface area contributed by atoms with E-state index in [0.29, 0.717) is 0 Å². The van der Waals surface area contributed by atoms with Crippen LogP contribution >= 0.6 is 0 Å².